The number of ether oxygens (including phenoxy) is 1. The SMILES string of the molecule is CCOC(=O)[C@H](CCCN=C(N)N)NC(=O)C(N)Cc1cn(C=O)c2ccccc12. The summed E-state index contributed by atoms with van der Waals surface area (Å²) in [5.41, 5.74) is 18.2. The highest BCUT2D eigenvalue weighted by atomic mass is 16.5. The van der Waals surface area contributed by atoms with Crippen LogP contribution in [0.4, 0.5) is 0 Å². The summed E-state index contributed by atoms with van der Waals surface area (Å²) in [5.74, 6) is -1.07. The molecule has 1 amide bonds. The van der Waals surface area contributed by atoms with Crippen LogP contribution < -0.4 is 22.5 Å². The van der Waals surface area contributed by atoms with Crippen LogP contribution in [0.25, 0.3) is 10.9 Å². The van der Waals surface area contributed by atoms with E-state index in [1.807, 2.05) is 24.3 Å². The third-order valence-electron chi connectivity index (χ3n) is 4.55. The van der Waals surface area contributed by atoms with Gasteiger partial charge in [-0.05, 0) is 37.8 Å². The topological polar surface area (TPSA) is 168 Å². The zero-order chi connectivity index (χ0) is 22.1. The molecule has 1 unspecified atom stereocenters. The Morgan fingerprint density at radius 3 is 2.70 bits per heavy atom. The predicted octanol–water partition coefficient (Wildman–Crippen LogP) is -0.349. The van der Waals surface area contributed by atoms with Crippen LogP contribution >= 0.6 is 0 Å². The summed E-state index contributed by atoms with van der Waals surface area (Å²) in [6.45, 7) is 2.20. The minimum Gasteiger partial charge on any atom is -0.464 e. The molecule has 1 aromatic carbocycles. The molecule has 1 heterocycles. The Labute approximate surface area is 174 Å². The number of carbonyl (C=O) groups excluding carboxylic acids is 3. The number of hydrogen-bond donors (Lipinski definition) is 4. The van der Waals surface area contributed by atoms with Gasteiger partial charge in [-0.25, -0.2) is 4.79 Å². The minimum absolute atomic E-state index is 0.0387. The summed E-state index contributed by atoms with van der Waals surface area (Å²) in [7, 11) is 0. The number of guanidine groups is 1. The second-order valence-electron chi connectivity index (χ2n) is 6.76. The molecule has 0 spiro atoms. The summed E-state index contributed by atoms with van der Waals surface area (Å²) >= 11 is 0. The van der Waals surface area contributed by atoms with Crippen molar-refractivity contribution in [3.05, 3.63) is 36.0 Å². The van der Waals surface area contributed by atoms with Gasteiger partial charge in [-0.15, -0.1) is 0 Å². The smallest absolute Gasteiger partial charge is 0.328 e. The standard InChI is InChI=1S/C20H28N6O4/c1-2-30-19(29)16(7-5-9-24-20(22)23)25-18(28)15(21)10-13-11-26(12-27)17-8-4-3-6-14(13)17/h3-4,6,8,11-12,15-16H,2,5,7,9-10,21H2,1H3,(H,25,28)(H4,22,23,24)/t15?,16-/m0/s1. The molecular weight excluding hydrogens is 388 g/mol. The molecule has 0 saturated heterocycles. The number of esters is 1. The van der Waals surface area contributed by atoms with Crippen molar-refractivity contribution >= 4 is 35.1 Å². The van der Waals surface area contributed by atoms with Crippen LogP contribution in [0, 0.1) is 0 Å². The summed E-state index contributed by atoms with van der Waals surface area (Å²) in [4.78, 5) is 40.0. The maximum absolute atomic E-state index is 12.6. The fourth-order valence-electron chi connectivity index (χ4n) is 3.13. The maximum atomic E-state index is 12.6. The molecule has 1 aromatic heterocycles. The number of carbonyl (C=O) groups is 3. The number of aromatic nitrogens is 1. The molecule has 7 N–H and O–H groups in total. The van der Waals surface area contributed by atoms with Gasteiger partial charge in [-0.2, -0.15) is 0 Å². The summed E-state index contributed by atoms with van der Waals surface area (Å²) in [6, 6.07) is 5.58. The monoisotopic (exact) mass is 416 g/mol. The van der Waals surface area contributed by atoms with Crippen LogP contribution in [-0.2, 0) is 25.5 Å². The average Bonchev–Trinajstić information content (AvgIpc) is 3.07. The van der Waals surface area contributed by atoms with E-state index >= 15 is 0 Å². The van der Waals surface area contributed by atoms with E-state index in [1.165, 1.54) is 4.57 Å². The molecule has 0 aliphatic heterocycles. The van der Waals surface area contributed by atoms with Crippen LogP contribution in [-0.4, -0.2) is 54.0 Å². The number of nitrogens with zero attached hydrogens (tertiary/aromatic N) is 2. The van der Waals surface area contributed by atoms with Crippen LogP contribution in [0.2, 0.25) is 0 Å². The normalized spacial score (nSPS) is 12.7. The van der Waals surface area contributed by atoms with Crippen molar-refractivity contribution in [1.82, 2.24) is 9.88 Å². The van der Waals surface area contributed by atoms with Gasteiger partial charge in [-0.1, -0.05) is 18.2 Å². The molecule has 0 aliphatic rings. The Balaban J connectivity index is 2.06. The van der Waals surface area contributed by atoms with Gasteiger partial charge in [-0.3, -0.25) is 19.1 Å². The Kier molecular flexibility index (Phi) is 8.36. The average molecular weight is 416 g/mol. The highest BCUT2D eigenvalue weighted by Gasteiger charge is 2.25. The van der Waals surface area contributed by atoms with Crippen molar-refractivity contribution in [2.75, 3.05) is 13.2 Å². The third-order valence-corrected chi connectivity index (χ3v) is 4.55. The van der Waals surface area contributed by atoms with Gasteiger partial charge in [0.15, 0.2) is 5.96 Å². The molecule has 2 atom stereocenters. The molecule has 10 heteroatoms. The van der Waals surface area contributed by atoms with Crippen LogP contribution in [0.15, 0.2) is 35.5 Å². The minimum atomic E-state index is -0.912. The Hall–Kier alpha value is -3.40. The van der Waals surface area contributed by atoms with E-state index in [4.69, 9.17) is 21.9 Å². The highest BCUT2D eigenvalue weighted by Crippen LogP contribution is 2.21. The quantitative estimate of drug-likeness (QED) is 0.128. The van der Waals surface area contributed by atoms with Gasteiger partial charge >= 0.3 is 5.97 Å². The Morgan fingerprint density at radius 1 is 1.30 bits per heavy atom. The first-order valence-electron chi connectivity index (χ1n) is 9.69. The van der Waals surface area contributed by atoms with Crippen LogP contribution in [0.5, 0.6) is 0 Å². The Morgan fingerprint density at radius 2 is 2.03 bits per heavy atom. The van der Waals surface area contributed by atoms with E-state index in [1.54, 1.807) is 13.1 Å². The first kappa shape index (κ1) is 22.9. The lowest BCUT2D eigenvalue weighted by Gasteiger charge is -2.19. The highest BCUT2D eigenvalue weighted by molar-refractivity contribution is 5.91. The summed E-state index contributed by atoms with van der Waals surface area (Å²) in [6.07, 6.45) is 3.34. The molecule has 30 heavy (non-hydrogen) atoms. The van der Waals surface area contributed by atoms with Crippen molar-refractivity contribution in [2.24, 2.45) is 22.2 Å². The van der Waals surface area contributed by atoms with E-state index in [9.17, 15) is 14.4 Å². The molecule has 0 fully saturated rings. The second-order valence-corrected chi connectivity index (χ2v) is 6.76. The maximum Gasteiger partial charge on any atom is 0.328 e. The lowest BCUT2D eigenvalue weighted by molar-refractivity contribution is -0.147. The van der Waals surface area contributed by atoms with Gasteiger partial charge in [0.2, 0.25) is 12.3 Å². The number of rotatable bonds is 11. The van der Waals surface area contributed by atoms with E-state index in [0.717, 1.165) is 16.5 Å². The van der Waals surface area contributed by atoms with E-state index in [2.05, 4.69) is 10.3 Å². The summed E-state index contributed by atoms with van der Waals surface area (Å²) < 4.78 is 6.48. The Bertz CT molecular complexity index is 919. The lowest BCUT2D eigenvalue weighted by atomic mass is 10.0. The third kappa shape index (κ3) is 6.05. The fourth-order valence-corrected chi connectivity index (χ4v) is 3.13. The van der Waals surface area contributed by atoms with Crippen molar-refractivity contribution in [3.63, 3.8) is 0 Å². The molecule has 0 bridgehead atoms. The zero-order valence-corrected chi connectivity index (χ0v) is 16.9. The van der Waals surface area contributed by atoms with Crippen molar-refractivity contribution in [1.29, 1.82) is 0 Å². The number of nitrogens with two attached hydrogens (primary N) is 3. The number of para-hydroxylation sites is 1. The second kappa shape index (κ2) is 11.0. The number of fused-ring (bicyclic) bond motifs is 1. The molecule has 10 nitrogen and oxygen atoms in total. The summed E-state index contributed by atoms with van der Waals surface area (Å²) in [5, 5.41) is 3.49. The number of nitrogens with one attached hydrogen (secondary N) is 1. The van der Waals surface area contributed by atoms with Gasteiger partial charge in [0.05, 0.1) is 18.2 Å². The van der Waals surface area contributed by atoms with Crippen molar-refractivity contribution in [3.8, 4) is 0 Å². The largest absolute Gasteiger partial charge is 0.464 e. The van der Waals surface area contributed by atoms with Crippen LogP contribution in [0.3, 0.4) is 0 Å². The van der Waals surface area contributed by atoms with E-state index in [-0.39, 0.29) is 19.0 Å². The molecular formula is C20H28N6O4. The molecule has 0 radical (unpaired) electrons. The van der Waals surface area contributed by atoms with Crippen LogP contribution in [0.1, 0.15) is 25.3 Å². The number of aliphatic imine (C=N–C) groups is 1. The van der Waals surface area contributed by atoms with Gasteiger partial charge < -0.3 is 27.3 Å². The number of hydrogen-bond acceptors (Lipinski definition) is 6. The first-order valence-corrected chi connectivity index (χ1v) is 9.69. The molecule has 0 saturated carbocycles. The van der Waals surface area contributed by atoms with E-state index in [0.29, 0.717) is 25.8 Å². The lowest BCUT2D eigenvalue weighted by Crippen LogP contribution is -2.49. The fraction of sp³-hybridized carbons (Fsp3) is 0.400. The molecule has 162 valence electrons. The first-order chi connectivity index (χ1) is 14.4. The molecule has 2 rings (SSSR count). The number of benzene rings is 1. The van der Waals surface area contributed by atoms with Crippen molar-refractivity contribution < 1.29 is 19.1 Å². The van der Waals surface area contributed by atoms with Gasteiger partial charge in [0.25, 0.3) is 0 Å². The molecule has 0 aliphatic carbocycles. The van der Waals surface area contributed by atoms with E-state index < -0.39 is 24.0 Å². The van der Waals surface area contributed by atoms with Crippen molar-refractivity contribution in [2.45, 2.75) is 38.3 Å². The predicted molar refractivity (Wildman–Crippen MR) is 114 cm³/mol. The van der Waals surface area contributed by atoms with Gasteiger partial charge in [0, 0.05) is 18.1 Å². The zero-order valence-electron chi connectivity index (χ0n) is 16.9. The van der Waals surface area contributed by atoms with Gasteiger partial charge in [0.1, 0.15) is 6.04 Å². The molecule has 2 aromatic rings. The number of amides is 1.